The van der Waals surface area contributed by atoms with Crippen LogP contribution in [0.25, 0.3) is 0 Å². The van der Waals surface area contributed by atoms with Crippen LogP contribution in [0, 0.1) is 5.92 Å². The standard InChI is InChI=1S/C14H20N2O4S2/c1-10(20-9-11-2-3-11)14(17)15-22(18,19)16-6-4-13-12(8-16)5-7-21-13/h5,7,10-11H,2-4,6,8-9H2,1H3,(H,15,17). The second-order valence-electron chi connectivity index (χ2n) is 5.84. The second-order valence-corrected chi connectivity index (χ2v) is 8.51. The summed E-state index contributed by atoms with van der Waals surface area (Å²) in [6.07, 6.45) is 2.19. The molecule has 0 spiro atoms. The van der Waals surface area contributed by atoms with Crippen molar-refractivity contribution in [2.45, 2.75) is 38.8 Å². The van der Waals surface area contributed by atoms with Crippen molar-refractivity contribution in [3.8, 4) is 0 Å². The van der Waals surface area contributed by atoms with E-state index in [4.69, 9.17) is 4.74 Å². The van der Waals surface area contributed by atoms with Gasteiger partial charge in [0.25, 0.3) is 5.91 Å². The molecule has 2 heterocycles. The van der Waals surface area contributed by atoms with E-state index in [1.165, 1.54) is 9.18 Å². The molecule has 122 valence electrons. The average Bonchev–Trinajstić information content (AvgIpc) is 3.19. The van der Waals surface area contributed by atoms with Crippen molar-refractivity contribution >= 4 is 27.5 Å². The van der Waals surface area contributed by atoms with Crippen LogP contribution in [0.3, 0.4) is 0 Å². The lowest BCUT2D eigenvalue weighted by atomic mass is 10.1. The van der Waals surface area contributed by atoms with E-state index in [1.54, 1.807) is 18.3 Å². The van der Waals surface area contributed by atoms with Crippen molar-refractivity contribution < 1.29 is 17.9 Å². The summed E-state index contributed by atoms with van der Waals surface area (Å²) in [4.78, 5) is 13.2. The number of rotatable bonds is 6. The smallest absolute Gasteiger partial charge is 0.304 e. The Balaban J connectivity index is 1.57. The summed E-state index contributed by atoms with van der Waals surface area (Å²) in [6.45, 7) is 2.82. The van der Waals surface area contributed by atoms with Gasteiger partial charge in [-0.2, -0.15) is 12.7 Å². The summed E-state index contributed by atoms with van der Waals surface area (Å²) in [5.41, 5.74) is 1.02. The fourth-order valence-corrected chi connectivity index (χ4v) is 4.42. The predicted octanol–water partition coefficient (Wildman–Crippen LogP) is 1.28. The summed E-state index contributed by atoms with van der Waals surface area (Å²) < 4.78 is 33.5. The lowest BCUT2D eigenvalue weighted by molar-refractivity contribution is -0.130. The number of hydrogen-bond donors (Lipinski definition) is 1. The molecule has 1 aliphatic heterocycles. The highest BCUT2D eigenvalue weighted by atomic mass is 32.2. The molecule has 1 fully saturated rings. The normalized spacial score (nSPS) is 20.4. The van der Waals surface area contributed by atoms with Crippen LogP contribution in [-0.4, -0.2) is 37.9 Å². The van der Waals surface area contributed by atoms with Gasteiger partial charge in [-0.1, -0.05) is 0 Å². The third kappa shape index (κ3) is 3.68. The van der Waals surface area contributed by atoms with Crippen molar-refractivity contribution in [2.24, 2.45) is 5.92 Å². The van der Waals surface area contributed by atoms with Gasteiger partial charge >= 0.3 is 10.2 Å². The monoisotopic (exact) mass is 344 g/mol. The predicted molar refractivity (Wildman–Crippen MR) is 83.6 cm³/mol. The van der Waals surface area contributed by atoms with Crippen LogP contribution >= 0.6 is 11.3 Å². The second kappa shape index (κ2) is 6.27. The number of carbonyl (C=O) groups excluding carboxylic acids is 1. The van der Waals surface area contributed by atoms with Gasteiger partial charge < -0.3 is 4.74 Å². The van der Waals surface area contributed by atoms with Crippen molar-refractivity contribution in [1.29, 1.82) is 0 Å². The van der Waals surface area contributed by atoms with Crippen molar-refractivity contribution in [2.75, 3.05) is 13.2 Å². The zero-order valence-corrected chi connectivity index (χ0v) is 14.1. The van der Waals surface area contributed by atoms with Crippen molar-refractivity contribution in [3.63, 3.8) is 0 Å². The van der Waals surface area contributed by atoms with E-state index in [0.717, 1.165) is 18.4 Å². The summed E-state index contributed by atoms with van der Waals surface area (Å²) >= 11 is 1.64. The van der Waals surface area contributed by atoms with Crippen LogP contribution in [-0.2, 0) is 32.7 Å². The third-order valence-electron chi connectivity index (χ3n) is 3.99. The molecule has 1 amide bonds. The lowest BCUT2D eigenvalue weighted by Gasteiger charge is -2.26. The molecule has 1 saturated carbocycles. The van der Waals surface area contributed by atoms with E-state index in [9.17, 15) is 13.2 Å². The number of carbonyl (C=O) groups is 1. The molecule has 0 radical (unpaired) electrons. The van der Waals surface area contributed by atoms with Gasteiger partial charge in [0, 0.05) is 18.0 Å². The Morgan fingerprint density at radius 3 is 3.05 bits per heavy atom. The molecule has 1 aliphatic carbocycles. The number of thiophene rings is 1. The van der Waals surface area contributed by atoms with Gasteiger partial charge in [-0.25, -0.2) is 4.72 Å². The van der Waals surface area contributed by atoms with Gasteiger partial charge in [-0.15, -0.1) is 11.3 Å². The van der Waals surface area contributed by atoms with Crippen LogP contribution in [0.5, 0.6) is 0 Å². The first-order chi connectivity index (χ1) is 10.5. The fraction of sp³-hybridized carbons (Fsp3) is 0.643. The lowest BCUT2D eigenvalue weighted by Crippen LogP contribution is -2.48. The number of nitrogens with zero attached hydrogens (tertiary/aromatic N) is 1. The Hall–Kier alpha value is -0.960. The highest BCUT2D eigenvalue weighted by Crippen LogP contribution is 2.29. The van der Waals surface area contributed by atoms with Crippen LogP contribution in [0.4, 0.5) is 0 Å². The maximum atomic E-state index is 12.3. The summed E-state index contributed by atoms with van der Waals surface area (Å²) in [5, 5.41) is 1.97. The summed E-state index contributed by atoms with van der Waals surface area (Å²) in [6, 6.07) is 1.94. The first kappa shape index (κ1) is 15.9. The molecule has 0 aromatic carbocycles. The van der Waals surface area contributed by atoms with Crippen LogP contribution < -0.4 is 4.72 Å². The van der Waals surface area contributed by atoms with Gasteiger partial charge in [0.05, 0.1) is 6.61 Å². The number of ether oxygens (including phenoxy) is 1. The van der Waals surface area contributed by atoms with E-state index in [0.29, 0.717) is 32.0 Å². The zero-order chi connectivity index (χ0) is 15.7. The highest BCUT2D eigenvalue weighted by Gasteiger charge is 2.31. The molecule has 8 heteroatoms. The van der Waals surface area contributed by atoms with E-state index in [-0.39, 0.29) is 0 Å². The molecular weight excluding hydrogens is 324 g/mol. The van der Waals surface area contributed by atoms with Crippen LogP contribution in [0.2, 0.25) is 0 Å². The molecule has 2 aliphatic rings. The minimum Gasteiger partial charge on any atom is -0.368 e. The van der Waals surface area contributed by atoms with Gasteiger partial charge in [0.2, 0.25) is 0 Å². The third-order valence-corrected chi connectivity index (χ3v) is 6.46. The minimum absolute atomic E-state index is 0.318. The molecule has 6 nitrogen and oxygen atoms in total. The topological polar surface area (TPSA) is 75.7 Å². The van der Waals surface area contributed by atoms with Gasteiger partial charge in [0.15, 0.2) is 0 Å². The highest BCUT2D eigenvalue weighted by molar-refractivity contribution is 7.87. The summed E-state index contributed by atoms with van der Waals surface area (Å²) in [7, 11) is -3.81. The zero-order valence-electron chi connectivity index (χ0n) is 12.4. The molecule has 1 unspecified atom stereocenters. The largest absolute Gasteiger partial charge is 0.368 e. The average molecular weight is 344 g/mol. The van der Waals surface area contributed by atoms with Gasteiger partial charge in [-0.05, 0) is 49.1 Å². The van der Waals surface area contributed by atoms with E-state index < -0.39 is 22.2 Å². The van der Waals surface area contributed by atoms with Crippen molar-refractivity contribution in [3.05, 3.63) is 21.9 Å². The molecule has 0 saturated heterocycles. The van der Waals surface area contributed by atoms with E-state index in [2.05, 4.69) is 4.72 Å². The SMILES string of the molecule is CC(OCC1CC1)C(=O)NS(=O)(=O)N1CCc2sccc2C1. The number of hydrogen-bond acceptors (Lipinski definition) is 5. The molecule has 22 heavy (non-hydrogen) atoms. The first-order valence-electron chi connectivity index (χ1n) is 7.44. The molecule has 1 aromatic rings. The number of fused-ring (bicyclic) bond motifs is 1. The van der Waals surface area contributed by atoms with Crippen LogP contribution in [0.15, 0.2) is 11.4 Å². The fourth-order valence-electron chi connectivity index (χ4n) is 2.34. The van der Waals surface area contributed by atoms with Gasteiger partial charge in [0.1, 0.15) is 6.10 Å². The van der Waals surface area contributed by atoms with Crippen LogP contribution in [0.1, 0.15) is 30.2 Å². The Bertz CT molecular complexity index is 652. The molecule has 1 aromatic heterocycles. The molecular formula is C14H20N2O4S2. The molecule has 1 N–H and O–H groups in total. The maximum Gasteiger partial charge on any atom is 0.304 e. The quantitative estimate of drug-likeness (QED) is 0.843. The Kier molecular flexibility index (Phi) is 4.54. The Morgan fingerprint density at radius 2 is 2.32 bits per heavy atom. The molecule has 0 bridgehead atoms. The number of amides is 1. The van der Waals surface area contributed by atoms with E-state index in [1.807, 2.05) is 11.4 Å². The Morgan fingerprint density at radius 1 is 1.55 bits per heavy atom. The number of nitrogens with one attached hydrogen (secondary N) is 1. The first-order valence-corrected chi connectivity index (χ1v) is 9.76. The molecule has 1 atom stereocenters. The Labute approximate surface area is 134 Å². The van der Waals surface area contributed by atoms with E-state index >= 15 is 0 Å². The minimum atomic E-state index is -3.81. The van der Waals surface area contributed by atoms with Gasteiger partial charge in [-0.3, -0.25) is 4.79 Å². The summed E-state index contributed by atoms with van der Waals surface area (Å²) in [5.74, 6) is -0.0669. The molecule has 3 rings (SSSR count). The van der Waals surface area contributed by atoms with Crippen molar-refractivity contribution in [1.82, 2.24) is 9.03 Å². The maximum absolute atomic E-state index is 12.3.